The fourth-order valence-electron chi connectivity index (χ4n) is 3.56. The van der Waals surface area contributed by atoms with Gasteiger partial charge in [-0.3, -0.25) is 14.4 Å². The second kappa shape index (κ2) is 9.86. The molecule has 3 heterocycles. The normalized spacial score (nSPS) is 31.7. The Bertz CT molecular complexity index is 579. The van der Waals surface area contributed by atoms with Gasteiger partial charge in [0.2, 0.25) is 17.7 Å². The van der Waals surface area contributed by atoms with E-state index in [4.69, 9.17) is 14.2 Å². The Kier molecular flexibility index (Phi) is 7.48. The van der Waals surface area contributed by atoms with Crippen LogP contribution in [0.5, 0.6) is 0 Å². The Morgan fingerprint density at radius 1 is 0.655 bits per heavy atom. The Labute approximate surface area is 171 Å². The van der Waals surface area contributed by atoms with Crippen LogP contribution < -0.4 is 10.6 Å². The molecule has 9 nitrogen and oxygen atoms in total. The van der Waals surface area contributed by atoms with Crippen LogP contribution in [0, 0.1) is 0 Å². The molecule has 6 atom stereocenters. The van der Waals surface area contributed by atoms with E-state index < -0.39 is 0 Å². The van der Waals surface area contributed by atoms with E-state index in [1.54, 1.807) is 0 Å². The van der Waals surface area contributed by atoms with E-state index in [1.165, 1.54) is 4.90 Å². The first kappa shape index (κ1) is 22.0. The quantitative estimate of drug-likeness (QED) is 0.340. The summed E-state index contributed by atoms with van der Waals surface area (Å²) in [6, 6.07) is 0. The Morgan fingerprint density at radius 2 is 1.03 bits per heavy atom. The molecule has 3 rings (SSSR count). The minimum Gasteiger partial charge on any atom is -0.369 e. The third kappa shape index (κ3) is 6.65. The van der Waals surface area contributed by atoms with Crippen LogP contribution in [0.4, 0.5) is 0 Å². The number of nitrogens with one attached hydrogen (secondary N) is 2. The fourth-order valence-corrected chi connectivity index (χ4v) is 3.56. The van der Waals surface area contributed by atoms with Crippen LogP contribution in [-0.4, -0.2) is 72.6 Å². The number of carbonyl (C=O) groups is 3. The summed E-state index contributed by atoms with van der Waals surface area (Å²) in [5, 5.41) is 5.52. The highest BCUT2D eigenvalue weighted by atomic mass is 16.6. The molecule has 0 aromatic heterocycles. The predicted octanol–water partition coefficient (Wildman–Crippen LogP) is 0.665. The van der Waals surface area contributed by atoms with Crippen molar-refractivity contribution in [3.05, 3.63) is 0 Å². The largest absolute Gasteiger partial charge is 0.369 e. The van der Waals surface area contributed by atoms with Crippen LogP contribution in [0.3, 0.4) is 0 Å². The first-order valence-corrected chi connectivity index (χ1v) is 10.7. The van der Waals surface area contributed by atoms with E-state index in [0.29, 0.717) is 0 Å². The lowest BCUT2D eigenvalue weighted by atomic mass is 10.2. The summed E-state index contributed by atoms with van der Waals surface area (Å²) in [6.45, 7) is 6.14. The minimum atomic E-state index is -0.165. The molecule has 0 spiro atoms. The third-order valence-corrected chi connectivity index (χ3v) is 5.71. The van der Waals surface area contributed by atoms with Gasteiger partial charge in [-0.1, -0.05) is 20.8 Å². The summed E-state index contributed by atoms with van der Waals surface area (Å²) in [7, 11) is 0. The van der Waals surface area contributed by atoms with Crippen molar-refractivity contribution >= 4 is 17.7 Å². The number of nitrogens with zero attached hydrogens (tertiary/aromatic N) is 1. The predicted molar refractivity (Wildman–Crippen MR) is 104 cm³/mol. The molecule has 164 valence electrons. The van der Waals surface area contributed by atoms with Crippen LogP contribution in [-0.2, 0) is 28.6 Å². The van der Waals surface area contributed by atoms with Gasteiger partial charge in [0.15, 0.2) is 0 Å². The molecule has 0 bridgehead atoms. The molecule has 0 aromatic carbocycles. The van der Waals surface area contributed by atoms with Crippen molar-refractivity contribution in [2.45, 2.75) is 95.9 Å². The van der Waals surface area contributed by atoms with Gasteiger partial charge in [0.1, 0.15) is 0 Å². The van der Waals surface area contributed by atoms with Crippen molar-refractivity contribution < 1.29 is 28.6 Å². The van der Waals surface area contributed by atoms with E-state index in [1.807, 2.05) is 20.8 Å². The van der Waals surface area contributed by atoms with Gasteiger partial charge in [-0.25, -0.2) is 0 Å². The monoisotopic (exact) mass is 411 g/mol. The maximum absolute atomic E-state index is 12.6. The van der Waals surface area contributed by atoms with Gasteiger partial charge in [0.05, 0.1) is 69.2 Å². The fraction of sp³-hybridized carbons (Fsp3) is 0.850. The summed E-state index contributed by atoms with van der Waals surface area (Å²) in [6.07, 6.45) is 3.77. The zero-order valence-corrected chi connectivity index (χ0v) is 17.5. The molecule has 3 saturated heterocycles. The van der Waals surface area contributed by atoms with Crippen molar-refractivity contribution in [1.29, 1.82) is 0 Å². The van der Waals surface area contributed by atoms with E-state index in [0.717, 1.165) is 19.3 Å². The van der Waals surface area contributed by atoms with E-state index >= 15 is 0 Å². The molecule has 2 N–H and O–H groups in total. The zero-order chi connectivity index (χ0) is 21.0. The molecular formula is C20H33N3O6. The molecule has 0 aliphatic carbocycles. The number of amides is 3. The number of carbonyl (C=O) groups excluding carboxylic acids is 3. The second-order valence-electron chi connectivity index (χ2n) is 7.93. The smallest absolute Gasteiger partial charge is 0.228 e. The molecule has 3 amide bonds. The van der Waals surface area contributed by atoms with E-state index in [9.17, 15) is 14.4 Å². The first-order chi connectivity index (χ1) is 13.9. The first-order valence-electron chi connectivity index (χ1n) is 10.7. The van der Waals surface area contributed by atoms with Gasteiger partial charge in [-0.15, -0.1) is 0 Å². The highest BCUT2D eigenvalue weighted by Gasteiger charge is 2.41. The highest BCUT2D eigenvalue weighted by Crippen LogP contribution is 2.29. The number of hydrogen-bond donors (Lipinski definition) is 2. The minimum absolute atomic E-state index is 0.0286. The topological polar surface area (TPSA) is 116 Å². The van der Waals surface area contributed by atoms with Gasteiger partial charge in [0.25, 0.3) is 0 Å². The number of rotatable bonds is 13. The maximum atomic E-state index is 12.6. The average molecular weight is 411 g/mol. The summed E-state index contributed by atoms with van der Waals surface area (Å²) >= 11 is 0. The second-order valence-corrected chi connectivity index (χ2v) is 7.93. The third-order valence-electron chi connectivity index (χ3n) is 5.71. The van der Waals surface area contributed by atoms with Gasteiger partial charge in [-0.2, -0.15) is 0 Å². The van der Waals surface area contributed by atoms with Gasteiger partial charge in [0, 0.05) is 0 Å². The van der Waals surface area contributed by atoms with Crippen LogP contribution in [0.25, 0.3) is 0 Å². The molecule has 0 radical (unpaired) electrons. The van der Waals surface area contributed by atoms with Gasteiger partial charge < -0.3 is 29.7 Å². The molecule has 3 aliphatic heterocycles. The van der Waals surface area contributed by atoms with Crippen LogP contribution in [0.15, 0.2) is 0 Å². The van der Waals surface area contributed by atoms with E-state index in [2.05, 4.69) is 10.6 Å². The number of hydrogen-bond acceptors (Lipinski definition) is 6. The van der Waals surface area contributed by atoms with Gasteiger partial charge in [-0.05, 0) is 19.3 Å². The molecule has 3 aliphatic rings. The lowest BCUT2D eigenvalue weighted by Gasteiger charge is -2.23. The van der Waals surface area contributed by atoms with Crippen molar-refractivity contribution in [3.8, 4) is 0 Å². The Balaban J connectivity index is 1.43. The maximum Gasteiger partial charge on any atom is 0.228 e. The van der Waals surface area contributed by atoms with Crippen LogP contribution in [0.1, 0.15) is 59.3 Å². The van der Waals surface area contributed by atoms with Crippen LogP contribution in [0.2, 0.25) is 0 Å². The van der Waals surface area contributed by atoms with Crippen molar-refractivity contribution in [2.24, 2.45) is 0 Å². The van der Waals surface area contributed by atoms with Crippen LogP contribution >= 0.6 is 0 Å². The molecule has 9 heteroatoms. The molecule has 0 saturated carbocycles. The summed E-state index contributed by atoms with van der Waals surface area (Å²) < 4.78 is 16.2. The summed E-state index contributed by atoms with van der Waals surface area (Å²) in [5.74, 6) is -0.488. The standard InChI is InChI=1S/C20H33N3O6/c1-4-12-15(27-12)7-18(24)21-10-23(20(26)9-17-14(6-3)29-17)11-22-19(25)8-16-13(5-2)28-16/h12-17H,4-11H2,1-3H3,(H,21,24)(H,22,25). The van der Waals surface area contributed by atoms with Gasteiger partial charge >= 0.3 is 0 Å². The zero-order valence-electron chi connectivity index (χ0n) is 17.5. The average Bonchev–Trinajstić information content (AvgIpc) is 3.58. The molecular weight excluding hydrogens is 378 g/mol. The highest BCUT2D eigenvalue weighted by molar-refractivity contribution is 5.81. The molecule has 0 aromatic rings. The van der Waals surface area contributed by atoms with E-state index in [-0.39, 0.29) is 86.9 Å². The molecule has 3 fully saturated rings. The SMILES string of the molecule is CCC1OC1CC(=O)NCN(CNC(=O)CC1OC1CC)C(=O)CC1OC1CC. The molecule has 6 unspecified atom stereocenters. The lowest BCUT2D eigenvalue weighted by molar-refractivity contribution is -0.134. The lowest BCUT2D eigenvalue weighted by Crippen LogP contribution is -2.47. The Hall–Kier alpha value is -1.71. The summed E-state index contributed by atoms with van der Waals surface area (Å²) in [4.78, 5) is 38.3. The van der Waals surface area contributed by atoms with Crippen molar-refractivity contribution in [1.82, 2.24) is 15.5 Å². The number of ether oxygens (including phenoxy) is 3. The number of epoxide rings is 3. The summed E-state index contributed by atoms with van der Waals surface area (Å²) in [5.41, 5.74) is 0. The van der Waals surface area contributed by atoms with Crippen molar-refractivity contribution in [2.75, 3.05) is 13.3 Å². The molecule has 29 heavy (non-hydrogen) atoms. The van der Waals surface area contributed by atoms with Crippen molar-refractivity contribution in [3.63, 3.8) is 0 Å². The Morgan fingerprint density at radius 3 is 1.38 bits per heavy atom.